The van der Waals surface area contributed by atoms with Crippen molar-refractivity contribution in [3.05, 3.63) is 82.0 Å². The van der Waals surface area contributed by atoms with Gasteiger partial charge >= 0.3 is 0 Å². The molecule has 3 heterocycles. The molecular weight excluding hydrogens is 318 g/mol. The molecule has 4 nitrogen and oxygen atoms in total. The summed E-state index contributed by atoms with van der Waals surface area (Å²) < 4.78 is 1.64. The van der Waals surface area contributed by atoms with Gasteiger partial charge in [-0.1, -0.05) is 35.9 Å². The SMILES string of the molecule is Cc1ccc(-c2csc3ncn(Cc4cccnc4)c(=O)c23)cc1. The Morgan fingerprint density at radius 2 is 2.00 bits per heavy atom. The second-order valence-electron chi connectivity index (χ2n) is 5.73. The summed E-state index contributed by atoms with van der Waals surface area (Å²) in [5, 5.41) is 2.70. The summed E-state index contributed by atoms with van der Waals surface area (Å²) in [4.78, 5) is 22.3. The molecule has 0 fully saturated rings. The molecule has 118 valence electrons. The lowest BCUT2D eigenvalue weighted by Crippen LogP contribution is -2.21. The molecule has 0 aliphatic carbocycles. The number of pyridine rings is 1. The number of rotatable bonds is 3. The molecule has 0 N–H and O–H groups in total. The normalized spacial score (nSPS) is 11.0. The fraction of sp³-hybridized carbons (Fsp3) is 0.105. The van der Waals surface area contributed by atoms with Gasteiger partial charge < -0.3 is 0 Å². The maximum atomic E-state index is 13.0. The standard InChI is InChI=1S/C19H15N3OS/c1-13-4-6-15(7-5-13)16-11-24-18-17(16)19(23)22(12-21-18)10-14-3-2-8-20-9-14/h2-9,11-12H,10H2,1H3. The summed E-state index contributed by atoms with van der Waals surface area (Å²) in [6, 6.07) is 12.0. The van der Waals surface area contributed by atoms with Gasteiger partial charge in [-0.25, -0.2) is 4.98 Å². The summed E-state index contributed by atoms with van der Waals surface area (Å²) in [5.74, 6) is 0. The van der Waals surface area contributed by atoms with E-state index < -0.39 is 0 Å². The fourth-order valence-corrected chi connectivity index (χ4v) is 3.62. The van der Waals surface area contributed by atoms with Crippen LogP contribution in [0.4, 0.5) is 0 Å². The summed E-state index contributed by atoms with van der Waals surface area (Å²) >= 11 is 1.51. The van der Waals surface area contributed by atoms with Gasteiger partial charge in [0, 0.05) is 23.3 Å². The van der Waals surface area contributed by atoms with E-state index in [1.807, 2.05) is 17.5 Å². The molecule has 4 aromatic rings. The van der Waals surface area contributed by atoms with Gasteiger partial charge in [-0.2, -0.15) is 0 Å². The van der Waals surface area contributed by atoms with Crippen LogP contribution in [0.15, 0.2) is 65.3 Å². The molecule has 0 saturated heterocycles. The van der Waals surface area contributed by atoms with Crippen LogP contribution < -0.4 is 5.56 Å². The molecule has 0 atom stereocenters. The lowest BCUT2D eigenvalue weighted by Gasteiger charge is -2.06. The number of fused-ring (bicyclic) bond motifs is 1. The Labute approximate surface area is 143 Å². The van der Waals surface area contributed by atoms with Crippen LogP contribution in [0.25, 0.3) is 21.3 Å². The fourth-order valence-electron chi connectivity index (χ4n) is 2.71. The summed E-state index contributed by atoms with van der Waals surface area (Å²) in [7, 11) is 0. The van der Waals surface area contributed by atoms with Gasteiger partial charge in [0.15, 0.2) is 0 Å². The Hall–Kier alpha value is -2.79. The van der Waals surface area contributed by atoms with Crippen LogP contribution in [-0.4, -0.2) is 14.5 Å². The van der Waals surface area contributed by atoms with E-state index in [2.05, 4.69) is 41.2 Å². The second kappa shape index (κ2) is 6.02. The molecule has 0 aliphatic rings. The van der Waals surface area contributed by atoms with Gasteiger partial charge in [0.1, 0.15) is 4.83 Å². The minimum Gasteiger partial charge on any atom is -0.294 e. The molecule has 24 heavy (non-hydrogen) atoms. The van der Waals surface area contributed by atoms with Crippen molar-refractivity contribution in [3.8, 4) is 11.1 Å². The van der Waals surface area contributed by atoms with Crippen LogP contribution >= 0.6 is 11.3 Å². The third-order valence-electron chi connectivity index (χ3n) is 4.00. The van der Waals surface area contributed by atoms with Crippen molar-refractivity contribution in [1.82, 2.24) is 14.5 Å². The topological polar surface area (TPSA) is 47.8 Å². The highest BCUT2D eigenvalue weighted by Gasteiger charge is 2.13. The van der Waals surface area contributed by atoms with Gasteiger partial charge in [-0.05, 0) is 24.1 Å². The Morgan fingerprint density at radius 3 is 2.75 bits per heavy atom. The third-order valence-corrected chi connectivity index (χ3v) is 4.89. The predicted octanol–water partition coefficient (Wildman–Crippen LogP) is 3.88. The first kappa shape index (κ1) is 14.8. The summed E-state index contributed by atoms with van der Waals surface area (Å²) in [5.41, 5.74) is 4.16. The number of hydrogen-bond acceptors (Lipinski definition) is 4. The lowest BCUT2D eigenvalue weighted by molar-refractivity contribution is 0.746. The van der Waals surface area contributed by atoms with Crippen molar-refractivity contribution < 1.29 is 0 Å². The average molecular weight is 333 g/mol. The zero-order chi connectivity index (χ0) is 16.5. The molecule has 0 bridgehead atoms. The maximum Gasteiger partial charge on any atom is 0.263 e. The molecule has 0 radical (unpaired) electrons. The van der Waals surface area contributed by atoms with Crippen LogP contribution in [0, 0.1) is 6.92 Å². The summed E-state index contributed by atoms with van der Waals surface area (Å²) in [6.45, 7) is 2.52. The number of benzene rings is 1. The number of aryl methyl sites for hydroxylation is 1. The van der Waals surface area contributed by atoms with Gasteiger partial charge in [-0.3, -0.25) is 14.3 Å². The quantitative estimate of drug-likeness (QED) is 0.572. The van der Waals surface area contributed by atoms with Crippen molar-refractivity contribution in [2.24, 2.45) is 0 Å². The minimum atomic E-state index is -0.0133. The van der Waals surface area contributed by atoms with Gasteiger partial charge in [0.2, 0.25) is 0 Å². The number of aromatic nitrogens is 3. The van der Waals surface area contributed by atoms with E-state index in [-0.39, 0.29) is 5.56 Å². The average Bonchev–Trinajstić information content (AvgIpc) is 3.04. The predicted molar refractivity (Wildman–Crippen MR) is 97.4 cm³/mol. The first-order valence-corrected chi connectivity index (χ1v) is 8.53. The molecule has 4 rings (SSSR count). The zero-order valence-corrected chi connectivity index (χ0v) is 14.0. The largest absolute Gasteiger partial charge is 0.294 e. The Bertz CT molecular complexity index is 1050. The Morgan fingerprint density at radius 1 is 1.17 bits per heavy atom. The van der Waals surface area contributed by atoms with Crippen LogP contribution in [0.1, 0.15) is 11.1 Å². The van der Waals surface area contributed by atoms with Crippen LogP contribution in [0.3, 0.4) is 0 Å². The monoisotopic (exact) mass is 333 g/mol. The lowest BCUT2D eigenvalue weighted by atomic mass is 10.1. The van der Waals surface area contributed by atoms with E-state index in [1.54, 1.807) is 23.3 Å². The maximum absolute atomic E-state index is 13.0. The molecule has 0 amide bonds. The summed E-state index contributed by atoms with van der Waals surface area (Å²) in [6.07, 6.45) is 5.11. The molecule has 0 spiro atoms. The van der Waals surface area contributed by atoms with E-state index >= 15 is 0 Å². The number of nitrogens with zero attached hydrogens (tertiary/aromatic N) is 3. The molecule has 1 aromatic carbocycles. The van der Waals surface area contributed by atoms with E-state index in [0.717, 1.165) is 21.5 Å². The third kappa shape index (κ3) is 2.63. The second-order valence-corrected chi connectivity index (χ2v) is 6.59. The molecular formula is C19H15N3OS. The first-order chi connectivity index (χ1) is 11.7. The molecule has 3 aromatic heterocycles. The van der Waals surface area contributed by atoms with Crippen molar-refractivity contribution in [2.75, 3.05) is 0 Å². The molecule has 5 heteroatoms. The van der Waals surface area contributed by atoms with Crippen molar-refractivity contribution in [1.29, 1.82) is 0 Å². The Balaban J connectivity index is 1.84. The van der Waals surface area contributed by atoms with Crippen molar-refractivity contribution in [3.63, 3.8) is 0 Å². The highest BCUT2D eigenvalue weighted by molar-refractivity contribution is 7.17. The van der Waals surface area contributed by atoms with Crippen LogP contribution in [0.2, 0.25) is 0 Å². The van der Waals surface area contributed by atoms with Gasteiger partial charge in [-0.15, -0.1) is 11.3 Å². The smallest absolute Gasteiger partial charge is 0.263 e. The van der Waals surface area contributed by atoms with Gasteiger partial charge in [0.25, 0.3) is 5.56 Å². The highest BCUT2D eigenvalue weighted by atomic mass is 32.1. The Kier molecular flexibility index (Phi) is 3.70. The van der Waals surface area contributed by atoms with Crippen LogP contribution in [0.5, 0.6) is 0 Å². The van der Waals surface area contributed by atoms with Crippen molar-refractivity contribution >= 4 is 21.6 Å². The molecule has 0 unspecified atom stereocenters. The molecule has 0 saturated carbocycles. The minimum absolute atomic E-state index is 0.0133. The molecule has 0 aliphatic heterocycles. The number of hydrogen-bond donors (Lipinski definition) is 0. The van der Waals surface area contributed by atoms with E-state index in [4.69, 9.17) is 0 Å². The van der Waals surface area contributed by atoms with Crippen LogP contribution in [-0.2, 0) is 6.54 Å². The van der Waals surface area contributed by atoms with E-state index in [0.29, 0.717) is 11.9 Å². The van der Waals surface area contributed by atoms with Crippen molar-refractivity contribution in [2.45, 2.75) is 13.5 Å². The highest BCUT2D eigenvalue weighted by Crippen LogP contribution is 2.30. The first-order valence-electron chi connectivity index (χ1n) is 7.65. The number of thiophene rings is 1. The zero-order valence-electron chi connectivity index (χ0n) is 13.1. The van der Waals surface area contributed by atoms with Gasteiger partial charge in [0.05, 0.1) is 18.3 Å². The van der Waals surface area contributed by atoms with E-state index in [1.165, 1.54) is 16.9 Å². The van der Waals surface area contributed by atoms with E-state index in [9.17, 15) is 4.79 Å².